The van der Waals surface area contributed by atoms with Crippen LogP contribution in [0, 0.1) is 6.92 Å². The first-order valence-corrected chi connectivity index (χ1v) is 9.68. The largest absolute Gasteiger partial charge is 0.452 e. The van der Waals surface area contributed by atoms with Gasteiger partial charge in [0.05, 0.1) is 17.8 Å². The number of rotatable bonds is 6. The zero-order chi connectivity index (χ0) is 20.3. The Hall–Kier alpha value is -3.13. The molecule has 3 rings (SSSR count). The van der Waals surface area contributed by atoms with Gasteiger partial charge in [-0.3, -0.25) is 19.1 Å². The number of aromatic nitrogens is 2. The molecule has 28 heavy (non-hydrogen) atoms. The fraction of sp³-hybridized carbons (Fsp3) is 0.250. The topological polar surface area (TPSA) is 82.3 Å². The summed E-state index contributed by atoms with van der Waals surface area (Å²) in [5.74, 6) is -1.04. The Balaban J connectivity index is 1.73. The lowest BCUT2D eigenvalue weighted by Crippen LogP contribution is -2.32. The minimum atomic E-state index is -1.02. The van der Waals surface area contributed by atoms with Gasteiger partial charge in [-0.05, 0) is 48.4 Å². The Labute approximate surface area is 166 Å². The first-order chi connectivity index (χ1) is 13.4. The molecule has 0 aliphatic carbocycles. The molecule has 1 atom stereocenters. The van der Waals surface area contributed by atoms with Crippen LogP contribution >= 0.6 is 11.3 Å². The molecule has 0 saturated heterocycles. The van der Waals surface area contributed by atoms with Gasteiger partial charge in [0.15, 0.2) is 6.10 Å². The third kappa shape index (κ3) is 4.07. The summed E-state index contributed by atoms with van der Waals surface area (Å²) in [6.07, 6.45) is -0.915. The van der Waals surface area contributed by atoms with E-state index in [0.29, 0.717) is 11.4 Å². The smallest absolute Gasteiger partial charge is 0.311 e. The summed E-state index contributed by atoms with van der Waals surface area (Å²) < 4.78 is 8.33. The summed E-state index contributed by atoms with van der Waals surface area (Å²) in [5.41, 5.74) is 1.94. The Morgan fingerprint density at radius 2 is 1.93 bits per heavy atom. The van der Waals surface area contributed by atoms with E-state index >= 15 is 0 Å². The van der Waals surface area contributed by atoms with Gasteiger partial charge in [0.2, 0.25) is 0 Å². The summed E-state index contributed by atoms with van der Waals surface area (Å²) in [4.78, 5) is 37.3. The molecular weight excluding hydrogens is 378 g/mol. The predicted molar refractivity (Wildman–Crippen MR) is 108 cm³/mol. The lowest BCUT2D eigenvalue weighted by Gasteiger charge is -2.12. The van der Waals surface area contributed by atoms with Crippen molar-refractivity contribution in [3.05, 3.63) is 68.8 Å². The number of nitrogens with one attached hydrogen (secondary N) is 1. The van der Waals surface area contributed by atoms with Gasteiger partial charge in [0, 0.05) is 7.05 Å². The van der Waals surface area contributed by atoms with E-state index in [2.05, 4.69) is 5.32 Å². The van der Waals surface area contributed by atoms with Gasteiger partial charge in [-0.25, -0.2) is 4.68 Å². The maximum atomic E-state index is 12.8. The number of esters is 1. The minimum Gasteiger partial charge on any atom is -0.452 e. The molecule has 0 aliphatic heterocycles. The van der Waals surface area contributed by atoms with Gasteiger partial charge >= 0.3 is 5.97 Å². The van der Waals surface area contributed by atoms with Crippen LogP contribution in [-0.4, -0.2) is 27.3 Å². The van der Waals surface area contributed by atoms with Gasteiger partial charge in [-0.15, -0.1) is 0 Å². The average Bonchev–Trinajstić information content (AvgIpc) is 3.25. The van der Waals surface area contributed by atoms with Crippen LogP contribution in [0.15, 0.2) is 52.0 Å². The molecule has 1 N–H and O–H groups in total. The zero-order valence-corrected chi connectivity index (χ0v) is 16.7. The molecule has 0 spiro atoms. The number of anilines is 1. The molecule has 7 nitrogen and oxygen atoms in total. The van der Waals surface area contributed by atoms with Crippen molar-refractivity contribution in [1.82, 2.24) is 9.36 Å². The molecule has 1 aromatic carbocycles. The molecule has 146 valence electrons. The summed E-state index contributed by atoms with van der Waals surface area (Å²) in [7, 11) is 1.74. The Kier molecular flexibility index (Phi) is 5.79. The van der Waals surface area contributed by atoms with Gasteiger partial charge in [0.25, 0.3) is 11.5 Å². The molecule has 3 aromatic rings. The van der Waals surface area contributed by atoms with Crippen LogP contribution in [-0.2, 0) is 27.8 Å². The van der Waals surface area contributed by atoms with Gasteiger partial charge in [-0.1, -0.05) is 18.2 Å². The molecular formula is C20H21N3O4S. The highest BCUT2D eigenvalue weighted by Gasteiger charge is 2.23. The fourth-order valence-corrected chi connectivity index (χ4v) is 3.46. The van der Waals surface area contributed by atoms with Crippen molar-refractivity contribution in [3.8, 4) is 5.69 Å². The predicted octanol–water partition coefficient (Wildman–Crippen LogP) is 2.66. The van der Waals surface area contributed by atoms with E-state index in [1.54, 1.807) is 30.8 Å². The lowest BCUT2D eigenvalue weighted by molar-refractivity contribution is -0.152. The number of nitrogens with zero attached hydrogens (tertiary/aromatic N) is 2. The van der Waals surface area contributed by atoms with Crippen LogP contribution in [0.2, 0.25) is 0 Å². The third-order valence-electron chi connectivity index (χ3n) is 4.41. The molecule has 2 aromatic heterocycles. The lowest BCUT2D eigenvalue weighted by atomic mass is 10.2. The van der Waals surface area contributed by atoms with Gasteiger partial charge in [0.1, 0.15) is 5.69 Å². The number of carbonyl (C=O) groups is 2. The van der Waals surface area contributed by atoms with Crippen LogP contribution in [0.5, 0.6) is 0 Å². The molecule has 8 heteroatoms. The van der Waals surface area contributed by atoms with E-state index in [0.717, 1.165) is 5.56 Å². The first-order valence-electron chi connectivity index (χ1n) is 8.74. The van der Waals surface area contributed by atoms with Crippen molar-refractivity contribution in [3.63, 3.8) is 0 Å². The van der Waals surface area contributed by atoms with E-state index in [-0.39, 0.29) is 17.7 Å². The quantitative estimate of drug-likeness (QED) is 0.646. The molecule has 0 unspecified atom stereocenters. The summed E-state index contributed by atoms with van der Waals surface area (Å²) in [6.45, 7) is 3.22. The molecule has 0 aliphatic rings. The molecule has 0 saturated carbocycles. The van der Waals surface area contributed by atoms with Crippen LogP contribution < -0.4 is 10.9 Å². The van der Waals surface area contributed by atoms with E-state index in [1.165, 1.54) is 22.9 Å². The SMILES string of the molecule is Cc1c(NC(=O)[C@@H](C)OC(=O)Cc2ccsc2)c(=O)n(-c2ccccc2)n1C. The Bertz CT molecular complexity index is 1040. The molecule has 0 bridgehead atoms. The maximum Gasteiger partial charge on any atom is 0.311 e. The maximum absolute atomic E-state index is 12.8. The van der Waals surface area contributed by atoms with Crippen molar-refractivity contribution in [2.45, 2.75) is 26.4 Å². The Morgan fingerprint density at radius 3 is 2.57 bits per heavy atom. The number of hydrogen-bond donors (Lipinski definition) is 1. The fourth-order valence-electron chi connectivity index (χ4n) is 2.79. The normalized spacial score (nSPS) is 11.8. The van der Waals surface area contributed by atoms with Gasteiger partial charge in [-0.2, -0.15) is 11.3 Å². The monoisotopic (exact) mass is 399 g/mol. The molecule has 1 amide bonds. The second-order valence-electron chi connectivity index (χ2n) is 6.37. The highest BCUT2D eigenvalue weighted by Crippen LogP contribution is 2.15. The number of benzene rings is 1. The van der Waals surface area contributed by atoms with Crippen molar-refractivity contribution in [2.24, 2.45) is 7.05 Å². The van der Waals surface area contributed by atoms with Crippen LogP contribution in [0.3, 0.4) is 0 Å². The van der Waals surface area contributed by atoms with Gasteiger partial charge < -0.3 is 10.1 Å². The minimum absolute atomic E-state index is 0.103. The van der Waals surface area contributed by atoms with Crippen molar-refractivity contribution in [2.75, 3.05) is 5.32 Å². The van der Waals surface area contributed by atoms with E-state index in [4.69, 9.17) is 4.74 Å². The highest BCUT2D eigenvalue weighted by molar-refractivity contribution is 7.08. The standard InChI is InChI=1S/C20H21N3O4S/c1-13-18(20(26)23(22(13)3)16-7-5-4-6-8-16)21-19(25)14(2)27-17(24)11-15-9-10-28-12-15/h4-10,12,14H,11H2,1-3H3,(H,21,25)/t14-/m1/s1. The van der Waals surface area contributed by atoms with E-state index in [9.17, 15) is 14.4 Å². The van der Waals surface area contributed by atoms with E-state index in [1.807, 2.05) is 35.0 Å². The Morgan fingerprint density at radius 1 is 1.21 bits per heavy atom. The number of ether oxygens (including phenoxy) is 1. The summed E-state index contributed by atoms with van der Waals surface area (Å²) in [6, 6.07) is 11.0. The summed E-state index contributed by atoms with van der Waals surface area (Å²) >= 11 is 1.49. The average molecular weight is 399 g/mol. The zero-order valence-electron chi connectivity index (χ0n) is 15.8. The molecule has 0 radical (unpaired) electrons. The molecule has 2 heterocycles. The van der Waals surface area contributed by atoms with Crippen molar-refractivity contribution < 1.29 is 14.3 Å². The third-order valence-corrected chi connectivity index (χ3v) is 5.14. The van der Waals surface area contributed by atoms with E-state index < -0.39 is 18.0 Å². The highest BCUT2D eigenvalue weighted by atomic mass is 32.1. The first kappa shape index (κ1) is 19.6. The number of carbonyl (C=O) groups excluding carboxylic acids is 2. The number of amides is 1. The van der Waals surface area contributed by atoms with Crippen molar-refractivity contribution >= 4 is 28.9 Å². The number of thiophene rings is 1. The van der Waals surface area contributed by atoms with Crippen molar-refractivity contribution in [1.29, 1.82) is 0 Å². The van der Waals surface area contributed by atoms with Crippen LogP contribution in [0.4, 0.5) is 5.69 Å². The van der Waals surface area contributed by atoms with Crippen LogP contribution in [0.1, 0.15) is 18.2 Å². The van der Waals surface area contributed by atoms with Crippen LogP contribution in [0.25, 0.3) is 5.69 Å². The summed E-state index contributed by atoms with van der Waals surface area (Å²) in [5, 5.41) is 6.33. The molecule has 0 fully saturated rings. The number of para-hydroxylation sites is 1. The second-order valence-corrected chi connectivity index (χ2v) is 7.15. The number of hydrogen-bond acceptors (Lipinski definition) is 5. The second kappa shape index (κ2) is 8.26.